The predicted molar refractivity (Wildman–Crippen MR) is 50.7 cm³/mol. The van der Waals surface area contributed by atoms with E-state index >= 15 is 0 Å². The van der Waals surface area contributed by atoms with Gasteiger partial charge in [0, 0.05) is 24.7 Å². The fourth-order valence-corrected chi connectivity index (χ4v) is 1.91. The summed E-state index contributed by atoms with van der Waals surface area (Å²) in [5, 5.41) is 8.77. The molecule has 0 amide bonds. The van der Waals surface area contributed by atoms with Crippen LogP contribution in [0.3, 0.4) is 0 Å². The highest BCUT2D eigenvalue weighted by atomic mass is 19.3. The van der Waals surface area contributed by atoms with Crippen molar-refractivity contribution in [2.75, 3.05) is 0 Å². The molecule has 0 bridgehead atoms. The van der Waals surface area contributed by atoms with Crippen LogP contribution in [0.1, 0.15) is 28.8 Å². The number of hydrogen-bond donors (Lipinski definition) is 0. The Morgan fingerprint density at radius 1 is 1.53 bits per heavy atom. The highest BCUT2D eigenvalue weighted by molar-refractivity contribution is 5.43. The van der Waals surface area contributed by atoms with Crippen molar-refractivity contribution < 1.29 is 8.78 Å². The fraction of sp³-hybridized carbons (Fsp3) is 0.455. The monoisotopic (exact) mass is 208 g/mol. The van der Waals surface area contributed by atoms with Crippen LogP contribution in [0.5, 0.6) is 0 Å². The zero-order valence-electron chi connectivity index (χ0n) is 8.35. The molecule has 1 aliphatic carbocycles. The first-order valence-corrected chi connectivity index (χ1v) is 4.79. The lowest BCUT2D eigenvalue weighted by atomic mass is 9.88. The van der Waals surface area contributed by atoms with E-state index in [0.29, 0.717) is 23.1 Å². The molecule has 0 unspecified atom stereocenters. The average molecular weight is 208 g/mol. The van der Waals surface area contributed by atoms with E-state index in [1.54, 1.807) is 6.92 Å². The lowest BCUT2D eigenvalue weighted by molar-refractivity contribution is -0.0129. The van der Waals surface area contributed by atoms with Gasteiger partial charge in [-0.25, -0.2) is 8.78 Å². The van der Waals surface area contributed by atoms with Crippen LogP contribution in [0, 0.1) is 18.3 Å². The first-order chi connectivity index (χ1) is 7.03. The molecule has 0 aromatic carbocycles. The summed E-state index contributed by atoms with van der Waals surface area (Å²) in [6.07, 6.45) is 1.35. The van der Waals surface area contributed by atoms with E-state index in [0.717, 1.165) is 5.69 Å². The molecular weight excluding hydrogens is 198 g/mol. The zero-order valence-corrected chi connectivity index (χ0v) is 8.35. The van der Waals surface area contributed by atoms with Crippen molar-refractivity contribution in [3.05, 3.63) is 28.6 Å². The number of aromatic nitrogens is 1. The first-order valence-electron chi connectivity index (χ1n) is 4.79. The van der Waals surface area contributed by atoms with E-state index in [9.17, 15) is 8.78 Å². The average Bonchev–Trinajstić information content (AvgIpc) is 2.19. The summed E-state index contributed by atoms with van der Waals surface area (Å²) >= 11 is 0. The van der Waals surface area contributed by atoms with Crippen molar-refractivity contribution in [2.45, 2.75) is 32.1 Å². The van der Waals surface area contributed by atoms with Gasteiger partial charge in [0.1, 0.15) is 6.07 Å². The van der Waals surface area contributed by atoms with Gasteiger partial charge in [-0.05, 0) is 24.5 Å². The molecule has 1 aliphatic rings. The largest absolute Gasteiger partial charge is 0.260 e. The van der Waals surface area contributed by atoms with Gasteiger partial charge in [-0.2, -0.15) is 5.26 Å². The predicted octanol–water partition coefficient (Wildman–Crippen LogP) is 2.39. The van der Waals surface area contributed by atoms with Crippen LogP contribution in [0.2, 0.25) is 0 Å². The van der Waals surface area contributed by atoms with Crippen molar-refractivity contribution in [1.82, 2.24) is 4.98 Å². The normalized spacial score (nSPS) is 18.0. The van der Waals surface area contributed by atoms with Gasteiger partial charge in [0.25, 0.3) is 5.92 Å². The van der Waals surface area contributed by atoms with Crippen molar-refractivity contribution in [3.63, 3.8) is 0 Å². The molecule has 15 heavy (non-hydrogen) atoms. The van der Waals surface area contributed by atoms with Gasteiger partial charge in [-0.1, -0.05) is 0 Å². The van der Waals surface area contributed by atoms with Crippen LogP contribution < -0.4 is 0 Å². The maximum atomic E-state index is 13.2. The lowest BCUT2D eigenvalue weighted by Gasteiger charge is -2.25. The number of rotatable bonds is 0. The van der Waals surface area contributed by atoms with E-state index in [-0.39, 0.29) is 12.8 Å². The standard InChI is InChI=1S/C11H10F2N2/c1-7-8(5-14)6-15-10-2-3-11(12,13)4-9(7)10/h6H,2-4H2,1H3. The number of alkyl halides is 2. The third kappa shape index (κ3) is 1.70. The number of fused-ring (bicyclic) bond motifs is 1. The van der Waals surface area contributed by atoms with Crippen LogP contribution in [0.15, 0.2) is 6.20 Å². The molecule has 0 fully saturated rings. The maximum Gasteiger partial charge on any atom is 0.252 e. The molecule has 1 heterocycles. The second-order valence-corrected chi connectivity index (χ2v) is 3.87. The number of nitriles is 1. The van der Waals surface area contributed by atoms with Crippen molar-refractivity contribution in [1.29, 1.82) is 5.26 Å². The summed E-state index contributed by atoms with van der Waals surface area (Å²) < 4.78 is 26.4. The molecule has 0 aliphatic heterocycles. The minimum absolute atomic E-state index is 0.141. The van der Waals surface area contributed by atoms with Gasteiger partial charge in [0.2, 0.25) is 0 Å². The molecule has 0 saturated carbocycles. The van der Waals surface area contributed by atoms with Crippen LogP contribution in [0.4, 0.5) is 8.78 Å². The van der Waals surface area contributed by atoms with E-state index in [1.165, 1.54) is 6.20 Å². The zero-order chi connectivity index (χ0) is 11.1. The topological polar surface area (TPSA) is 36.7 Å². The second kappa shape index (κ2) is 3.27. The minimum atomic E-state index is -2.65. The molecule has 4 heteroatoms. The number of halogens is 2. The Balaban J connectivity index is 2.53. The highest BCUT2D eigenvalue weighted by Crippen LogP contribution is 2.34. The number of nitrogens with zero attached hydrogens (tertiary/aromatic N) is 2. The van der Waals surface area contributed by atoms with Gasteiger partial charge in [-0.3, -0.25) is 4.98 Å². The second-order valence-electron chi connectivity index (χ2n) is 3.87. The highest BCUT2D eigenvalue weighted by Gasteiger charge is 2.35. The Bertz CT molecular complexity index is 447. The molecular formula is C11H10F2N2. The molecule has 0 atom stereocenters. The molecule has 0 N–H and O–H groups in total. The molecule has 0 saturated heterocycles. The van der Waals surface area contributed by atoms with Gasteiger partial charge >= 0.3 is 0 Å². The number of pyridine rings is 1. The Morgan fingerprint density at radius 3 is 2.93 bits per heavy atom. The quantitative estimate of drug-likeness (QED) is 0.656. The van der Waals surface area contributed by atoms with Gasteiger partial charge in [-0.15, -0.1) is 0 Å². The molecule has 0 spiro atoms. The van der Waals surface area contributed by atoms with Gasteiger partial charge in [0.15, 0.2) is 0 Å². The third-order valence-corrected chi connectivity index (χ3v) is 2.84. The molecule has 0 radical (unpaired) electrons. The van der Waals surface area contributed by atoms with Crippen molar-refractivity contribution >= 4 is 0 Å². The Hall–Kier alpha value is -1.50. The summed E-state index contributed by atoms with van der Waals surface area (Å²) in [7, 11) is 0. The van der Waals surface area contributed by atoms with Gasteiger partial charge < -0.3 is 0 Å². The van der Waals surface area contributed by atoms with Crippen LogP contribution in [-0.4, -0.2) is 10.9 Å². The molecule has 2 rings (SSSR count). The molecule has 78 valence electrons. The maximum absolute atomic E-state index is 13.2. The Kier molecular flexibility index (Phi) is 2.18. The SMILES string of the molecule is Cc1c(C#N)cnc2c1CC(F)(F)CC2. The van der Waals surface area contributed by atoms with E-state index in [4.69, 9.17) is 5.26 Å². The van der Waals surface area contributed by atoms with Crippen molar-refractivity contribution in [2.24, 2.45) is 0 Å². The Morgan fingerprint density at radius 2 is 2.27 bits per heavy atom. The first kappa shape index (κ1) is 10.0. The van der Waals surface area contributed by atoms with Crippen LogP contribution in [0.25, 0.3) is 0 Å². The molecule has 2 nitrogen and oxygen atoms in total. The summed E-state index contributed by atoms with van der Waals surface area (Å²) in [5.74, 6) is -2.65. The summed E-state index contributed by atoms with van der Waals surface area (Å²) in [6.45, 7) is 1.71. The molecule has 1 aromatic heterocycles. The third-order valence-electron chi connectivity index (χ3n) is 2.84. The van der Waals surface area contributed by atoms with E-state index in [1.807, 2.05) is 6.07 Å². The summed E-state index contributed by atoms with van der Waals surface area (Å²) in [5.41, 5.74) is 2.33. The number of hydrogen-bond acceptors (Lipinski definition) is 2. The minimum Gasteiger partial charge on any atom is -0.260 e. The number of aryl methyl sites for hydroxylation is 1. The van der Waals surface area contributed by atoms with Crippen LogP contribution >= 0.6 is 0 Å². The van der Waals surface area contributed by atoms with Crippen molar-refractivity contribution in [3.8, 4) is 6.07 Å². The van der Waals surface area contributed by atoms with Gasteiger partial charge in [0.05, 0.1) is 5.56 Å². The van der Waals surface area contributed by atoms with Crippen LogP contribution in [-0.2, 0) is 12.8 Å². The smallest absolute Gasteiger partial charge is 0.252 e. The summed E-state index contributed by atoms with van der Waals surface area (Å²) in [4.78, 5) is 4.06. The summed E-state index contributed by atoms with van der Waals surface area (Å²) in [6, 6.07) is 1.97. The fourth-order valence-electron chi connectivity index (χ4n) is 1.91. The van der Waals surface area contributed by atoms with E-state index in [2.05, 4.69) is 4.98 Å². The molecule has 1 aromatic rings. The van der Waals surface area contributed by atoms with E-state index < -0.39 is 5.92 Å². The lowest BCUT2D eigenvalue weighted by Crippen LogP contribution is -2.27. The Labute approximate surface area is 86.6 Å².